The molecule has 1 N–H and O–H groups in total. The predicted molar refractivity (Wildman–Crippen MR) is 81.9 cm³/mol. The van der Waals surface area contributed by atoms with Crippen LogP contribution >= 0.6 is 11.6 Å². The summed E-state index contributed by atoms with van der Waals surface area (Å²) in [6.45, 7) is 1.19. The summed E-state index contributed by atoms with van der Waals surface area (Å²) in [7, 11) is 0. The van der Waals surface area contributed by atoms with Crippen LogP contribution in [0.5, 0.6) is 0 Å². The fourth-order valence-electron chi connectivity index (χ4n) is 4.13. The van der Waals surface area contributed by atoms with Crippen LogP contribution in [0, 0.1) is 0 Å². The summed E-state index contributed by atoms with van der Waals surface area (Å²) in [6, 6.07) is 9.34. The third kappa shape index (κ3) is 2.68. The standard InChI is InChI=1S/C17H24ClN/c18-15-9-7-14(8-10-15)17(11-3-1-4-12-17)16-6-2-5-13-19-16/h7-10,16,19H,1-6,11-13H2. The number of nitrogens with one attached hydrogen (secondary N) is 1. The zero-order valence-corrected chi connectivity index (χ0v) is 12.4. The molecule has 1 saturated heterocycles. The normalized spacial score (nSPS) is 27.1. The lowest BCUT2D eigenvalue weighted by Crippen LogP contribution is -2.51. The molecule has 2 fully saturated rings. The zero-order chi connectivity index (χ0) is 13.1. The highest BCUT2D eigenvalue weighted by molar-refractivity contribution is 6.30. The topological polar surface area (TPSA) is 12.0 Å². The number of halogens is 1. The molecular formula is C17H24ClN. The van der Waals surface area contributed by atoms with Crippen LogP contribution in [0.15, 0.2) is 24.3 Å². The molecule has 104 valence electrons. The predicted octanol–water partition coefficient (Wildman–Crippen LogP) is 4.68. The van der Waals surface area contributed by atoms with Gasteiger partial charge in [-0.1, -0.05) is 49.4 Å². The molecule has 0 spiro atoms. The molecule has 3 rings (SSSR count). The molecule has 1 aliphatic carbocycles. The molecule has 2 heteroatoms. The second-order valence-electron chi connectivity index (χ2n) is 6.23. The summed E-state index contributed by atoms with van der Waals surface area (Å²) in [5.41, 5.74) is 1.87. The molecule has 1 aromatic carbocycles. The SMILES string of the molecule is Clc1ccc(C2(C3CCCCN3)CCCCC2)cc1. The minimum absolute atomic E-state index is 0.364. The largest absolute Gasteiger partial charge is 0.313 e. The van der Waals surface area contributed by atoms with Crippen LogP contribution < -0.4 is 5.32 Å². The summed E-state index contributed by atoms with van der Waals surface area (Å²) < 4.78 is 0. The molecule has 1 heterocycles. The molecule has 1 unspecified atom stereocenters. The zero-order valence-electron chi connectivity index (χ0n) is 11.6. The Morgan fingerprint density at radius 1 is 0.947 bits per heavy atom. The van der Waals surface area contributed by atoms with Gasteiger partial charge in [0.25, 0.3) is 0 Å². The Balaban J connectivity index is 1.93. The van der Waals surface area contributed by atoms with E-state index in [1.54, 1.807) is 0 Å². The lowest BCUT2D eigenvalue weighted by molar-refractivity contribution is 0.185. The molecule has 1 nitrogen and oxygen atoms in total. The monoisotopic (exact) mass is 277 g/mol. The first-order valence-corrected chi connectivity index (χ1v) is 8.18. The van der Waals surface area contributed by atoms with Crippen LogP contribution in [0.1, 0.15) is 56.9 Å². The van der Waals surface area contributed by atoms with E-state index in [-0.39, 0.29) is 0 Å². The average Bonchev–Trinajstić information content (AvgIpc) is 2.49. The van der Waals surface area contributed by atoms with Crippen molar-refractivity contribution >= 4 is 11.6 Å². The van der Waals surface area contributed by atoms with Gasteiger partial charge < -0.3 is 5.32 Å². The van der Waals surface area contributed by atoms with E-state index in [9.17, 15) is 0 Å². The van der Waals surface area contributed by atoms with Gasteiger partial charge in [0.05, 0.1) is 0 Å². The fourth-order valence-corrected chi connectivity index (χ4v) is 4.25. The van der Waals surface area contributed by atoms with Crippen molar-refractivity contribution in [1.82, 2.24) is 5.32 Å². The Hall–Kier alpha value is -0.530. The number of piperidine rings is 1. The van der Waals surface area contributed by atoms with Crippen LogP contribution in [0.3, 0.4) is 0 Å². The number of hydrogen-bond donors (Lipinski definition) is 1. The Morgan fingerprint density at radius 2 is 1.68 bits per heavy atom. The highest BCUT2D eigenvalue weighted by Crippen LogP contribution is 2.44. The molecule has 1 atom stereocenters. The van der Waals surface area contributed by atoms with Gasteiger partial charge in [0, 0.05) is 16.5 Å². The van der Waals surface area contributed by atoms with Gasteiger partial charge in [0.15, 0.2) is 0 Å². The Morgan fingerprint density at radius 3 is 2.32 bits per heavy atom. The van der Waals surface area contributed by atoms with Crippen LogP contribution in [0.25, 0.3) is 0 Å². The Labute approximate surface area is 121 Å². The maximum absolute atomic E-state index is 6.07. The van der Waals surface area contributed by atoms with Gasteiger partial charge in [0.1, 0.15) is 0 Å². The smallest absolute Gasteiger partial charge is 0.0406 e. The molecule has 19 heavy (non-hydrogen) atoms. The van der Waals surface area contributed by atoms with Crippen molar-refractivity contribution < 1.29 is 0 Å². The summed E-state index contributed by atoms with van der Waals surface area (Å²) >= 11 is 6.07. The maximum Gasteiger partial charge on any atom is 0.0406 e. The second-order valence-corrected chi connectivity index (χ2v) is 6.66. The average molecular weight is 278 g/mol. The number of rotatable bonds is 2. The summed E-state index contributed by atoms with van der Waals surface area (Å²) in [6.07, 6.45) is 10.9. The van der Waals surface area contributed by atoms with Gasteiger partial charge in [-0.05, 0) is 49.9 Å². The van der Waals surface area contributed by atoms with Crippen LogP contribution in [0.2, 0.25) is 5.02 Å². The second kappa shape index (κ2) is 5.85. The molecule has 2 aliphatic rings. The van der Waals surface area contributed by atoms with E-state index in [1.807, 2.05) is 0 Å². The summed E-state index contributed by atoms with van der Waals surface area (Å²) in [5, 5.41) is 4.66. The van der Waals surface area contributed by atoms with Crippen molar-refractivity contribution in [2.75, 3.05) is 6.54 Å². The van der Waals surface area contributed by atoms with Crippen molar-refractivity contribution in [3.8, 4) is 0 Å². The molecule has 0 bridgehead atoms. The quantitative estimate of drug-likeness (QED) is 0.827. The van der Waals surface area contributed by atoms with E-state index < -0.39 is 0 Å². The van der Waals surface area contributed by atoms with Crippen molar-refractivity contribution in [3.05, 3.63) is 34.9 Å². The van der Waals surface area contributed by atoms with Gasteiger partial charge in [-0.15, -0.1) is 0 Å². The third-order valence-electron chi connectivity index (χ3n) is 5.14. The van der Waals surface area contributed by atoms with E-state index in [2.05, 4.69) is 29.6 Å². The molecule has 1 aromatic rings. The van der Waals surface area contributed by atoms with Crippen LogP contribution in [-0.4, -0.2) is 12.6 Å². The Kier molecular flexibility index (Phi) is 4.14. The summed E-state index contributed by atoms with van der Waals surface area (Å²) in [5.74, 6) is 0. The first kappa shape index (κ1) is 13.5. The fraction of sp³-hybridized carbons (Fsp3) is 0.647. The van der Waals surface area contributed by atoms with Crippen molar-refractivity contribution in [2.45, 2.75) is 62.8 Å². The molecule has 1 aliphatic heterocycles. The molecule has 0 aromatic heterocycles. The number of benzene rings is 1. The molecule has 1 saturated carbocycles. The van der Waals surface area contributed by atoms with Gasteiger partial charge in [-0.3, -0.25) is 0 Å². The van der Waals surface area contributed by atoms with Gasteiger partial charge in [0.2, 0.25) is 0 Å². The van der Waals surface area contributed by atoms with Crippen molar-refractivity contribution in [3.63, 3.8) is 0 Å². The maximum atomic E-state index is 6.07. The first-order chi connectivity index (χ1) is 9.31. The minimum atomic E-state index is 0.364. The van der Waals surface area contributed by atoms with Crippen LogP contribution in [0.4, 0.5) is 0 Å². The highest BCUT2D eigenvalue weighted by Gasteiger charge is 2.41. The van der Waals surface area contributed by atoms with E-state index in [0.29, 0.717) is 11.5 Å². The highest BCUT2D eigenvalue weighted by atomic mass is 35.5. The lowest BCUT2D eigenvalue weighted by Gasteiger charge is -2.46. The van der Waals surface area contributed by atoms with E-state index in [4.69, 9.17) is 11.6 Å². The number of hydrogen-bond acceptors (Lipinski definition) is 1. The third-order valence-corrected chi connectivity index (χ3v) is 5.39. The van der Waals surface area contributed by atoms with E-state index in [1.165, 1.54) is 63.5 Å². The van der Waals surface area contributed by atoms with Gasteiger partial charge >= 0.3 is 0 Å². The minimum Gasteiger partial charge on any atom is -0.313 e. The van der Waals surface area contributed by atoms with E-state index >= 15 is 0 Å². The van der Waals surface area contributed by atoms with Gasteiger partial charge in [-0.2, -0.15) is 0 Å². The van der Waals surface area contributed by atoms with Crippen molar-refractivity contribution in [1.29, 1.82) is 0 Å². The first-order valence-electron chi connectivity index (χ1n) is 7.81. The van der Waals surface area contributed by atoms with E-state index in [0.717, 1.165) is 5.02 Å². The lowest BCUT2D eigenvalue weighted by atomic mass is 9.63. The van der Waals surface area contributed by atoms with Gasteiger partial charge in [-0.25, -0.2) is 0 Å². The van der Waals surface area contributed by atoms with Crippen molar-refractivity contribution in [2.24, 2.45) is 0 Å². The molecule has 0 radical (unpaired) electrons. The molecule has 0 amide bonds. The molecular weight excluding hydrogens is 254 g/mol. The van der Waals surface area contributed by atoms with Crippen LogP contribution in [-0.2, 0) is 5.41 Å². The summed E-state index contributed by atoms with van der Waals surface area (Å²) in [4.78, 5) is 0. The Bertz CT molecular complexity index is 400.